The highest BCUT2D eigenvalue weighted by molar-refractivity contribution is 6.30. The summed E-state index contributed by atoms with van der Waals surface area (Å²) in [5.41, 5.74) is 1.20. The lowest BCUT2D eigenvalue weighted by Gasteiger charge is -2.54. The van der Waals surface area contributed by atoms with Gasteiger partial charge in [-0.15, -0.1) is 0 Å². The standard InChI is InChI=1S/C19H26ClNO/c1-2-22-18-4-3-17(20)10-16(18)11-21-19-14-6-12-5-13(8-14)9-15(19)7-12/h3-4,10,12-15,19,21H,2,5-9,11H2,1H3. The molecule has 0 saturated heterocycles. The molecule has 4 saturated carbocycles. The summed E-state index contributed by atoms with van der Waals surface area (Å²) in [5, 5.41) is 4.67. The fourth-order valence-electron chi connectivity index (χ4n) is 5.47. The van der Waals surface area contributed by atoms with E-state index in [0.29, 0.717) is 12.6 Å². The predicted octanol–water partition coefficient (Wildman–Crippen LogP) is 4.65. The van der Waals surface area contributed by atoms with Crippen LogP contribution < -0.4 is 10.1 Å². The SMILES string of the molecule is CCOc1ccc(Cl)cc1CNC1C2CC3CC(C2)CC1C3. The maximum Gasteiger partial charge on any atom is 0.123 e. The van der Waals surface area contributed by atoms with E-state index >= 15 is 0 Å². The third kappa shape index (κ3) is 2.76. The first-order chi connectivity index (χ1) is 10.7. The lowest BCUT2D eigenvalue weighted by Crippen LogP contribution is -2.54. The first-order valence-corrected chi connectivity index (χ1v) is 9.25. The molecule has 1 aromatic rings. The van der Waals surface area contributed by atoms with E-state index in [1.165, 1.54) is 37.7 Å². The van der Waals surface area contributed by atoms with Gasteiger partial charge in [0, 0.05) is 23.2 Å². The van der Waals surface area contributed by atoms with E-state index < -0.39 is 0 Å². The molecule has 0 atom stereocenters. The summed E-state index contributed by atoms with van der Waals surface area (Å²) in [5.74, 6) is 4.86. The summed E-state index contributed by atoms with van der Waals surface area (Å²) in [6, 6.07) is 6.68. The van der Waals surface area contributed by atoms with Crippen molar-refractivity contribution in [3.05, 3.63) is 28.8 Å². The van der Waals surface area contributed by atoms with Gasteiger partial charge in [0.25, 0.3) is 0 Å². The molecule has 5 rings (SSSR count). The van der Waals surface area contributed by atoms with Crippen molar-refractivity contribution in [3.8, 4) is 5.75 Å². The Balaban J connectivity index is 1.45. The summed E-state index contributed by atoms with van der Waals surface area (Å²) in [7, 11) is 0. The molecule has 1 N–H and O–H groups in total. The topological polar surface area (TPSA) is 21.3 Å². The van der Waals surface area contributed by atoms with Gasteiger partial charge in [0.05, 0.1) is 6.61 Å². The van der Waals surface area contributed by atoms with Crippen molar-refractivity contribution in [1.82, 2.24) is 5.32 Å². The number of ether oxygens (including phenoxy) is 1. The Morgan fingerprint density at radius 2 is 1.77 bits per heavy atom. The second-order valence-electron chi connectivity index (χ2n) is 7.52. The summed E-state index contributed by atoms with van der Waals surface area (Å²) in [4.78, 5) is 0. The lowest BCUT2D eigenvalue weighted by molar-refractivity contribution is -0.0143. The fourth-order valence-corrected chi connectivity index (χ4v) is 5.66. The summed E-state index contributed by atoms with van der Waals surface area (Å²) >= 11 is 6.18. The molecular formula is C19H26ClNO. The van der Waals surface area contributed by atoms with Gasteiger partial charge in [-0.3, -0.25) is 0 Å². The van der Waals surface area contributed by atoms with Gasteiger partial charge in [0.1, 0.15) is 5.75 Å². The molecular weight excluding hydrogens is 294 g/mol. The molecule has 22 heavy (non-hydrogen) atoms. The van der Waals surface area contributed by atoms with E-state index in [-0.39, 0.29) is 0 Å². The molecule has 0 radical (unpaired) electrons. The maximum atomic E-state index is 6.18. The molecule has 1 aromatic carbocycles. The fraction of sp³-hybridized carbons (Fsp3) is 0.684. The summed E-state index contributed by atoms with van der Waals surface area (Å²) in [6.07, 6.45) is 7.34. The van der Waals surface area contributed by atoms with Gasteiger partial charge in [-0.2, -0.15) is 0 Å². The van der Waals surface area contributed by atoms with Gasteiger partial charge in [-0.05, 0) is 80.9 Å². The molecule has 0 aromatic heterocycles. The molecule has 0 aliphatic heterocycles. The van der Waals surface area contributed by atoms with Crippen LogP contribution in [-0.4, -0.2) is 12.6 Å². The smallest absolute Gasteiger partial charge is 0.123 e. The van der Waals surface area contributed by atoms with Gasteiger partial charge in [0.15, 0.2) is 0 Å². The Morgan fingerprint density at radius 3 is 2.41 bits per heavy atom. The molecule has 4 bridgehead atoms. The van der Waals surface area contributed by atoms with E-state index in [1.54, 1.807) is 0 Å². The van der Waals surface area contributed by atoms with Crippen LogP contribution in [0.4, 0.5) is 0 Å². The van der Waals surface area contributed by atoms with Crippen molar-refractivity contribution in [1.29, 1.82) is 0 Å². The largest absolute Gasteiger partial charge is 0.494 e. The van der Waals surface area contributed by atoms with Gasteiger partial charge in [-0.25, -0.2) is 0 Å². The highest BCUT2D eigenvalue weighted by Crippen LogP contribution is 2.53. The first-order valence-electron chi connectivity index (χ1n) is 8.87. The van der Waals surface area contributed by atoms with Crippen LogP contribution in [0.1, 0.15) is 44.6 Å². The third-order valence-electron chi connectivity index (χ3n) is 6.08. The molecule has 0 heterocycles. The van der Waals surface area contributed by atoms with Crippen LogP contribution in [0.3, 0.4) is 0 Å². The van der Waals surface area contributed by atoms with E-state index in [9.17, 15) is 0 Å². The quantitative estimate of drug-likeness (QED) is 0.852. The molecule has 4 aliphatic carbocycles. The third-order valence-corrected chi connectivity index (χ3v) is 6.31. The number of nitrogens with one attached hydrogen (secondary N) is 1. The highest BCUT2D eigenvalue weighted by Gasteiger charge is 2.47. The molecule has 2 nitrogen and oxygen atoms in total. The van der Waals surface area contributed by atoms with Crippen molar-refractivity contribution < 1.29 is 4.74 Å². The molecule has 3 heteroatoms. The Hall–Kier alpha value is -0.730. The van der Waals surface area contributed by atoms with Crippen molar-refractivity contribution in [2.75, 3.05) is 6.61 Å². The molecule has 4 aliphatic rings. The number of hydrogen-bond donors (Lipinski definition) is 1. The van der Waals surface area contributed by atoms with E-state index in [0.717, 1.165) is 41.0 Å². The van der Waals surface area contributed by atoms with Crippen LogP contribution in [0.5, 0.6) is 5.75 Å². The minimum atomic E-state index is 0.701. The van der Waals surface area contributed by atoms with E-state index in [1.807, 2.05) is 19.1 Å². The molecule has 0 spiro atoms. The predicted molar refractivity (Wildman–Crippen MR) is 90.3 cm³/mol. The van der Waals surface area contributed by atoms with Gasteiger partial charge in [0.2, 0.25) is 0 Å². The van der Waals surface area contributed by atoms with Gasteiger partial charge < -0.3 is 10.1 Å². The minimum absolute atomic E-state index is 0.701. The second kappa shape index (κ2) is 6.05. The van der Waals surface area contributed by atoms with Crippen LogP contribution in [0.2, 0.25) is 5.02 Å². The minimum Gasteiger partial charge on any atom is -0.494 e. The van der Waals surface area contributed by atoms with Crippen LogP contribution >= 0.6 is 11.6 Å². The van der Waals surface area contributed by atoms with E-state index in [4.69, 9.17) is 16.3 Å². The van der Waals surface area contributed by atoms with Crippen LogP contribution in [0.15, 0.2) is 18.2 Å². The van der Waals surface area contributed by atoms with Gasteiger partial charge in [-0.1, -0.05) is 11.6 Å². The number of rotatable bonds is 5. The first kappa shape index (κ1) is 14.8. The monoisotopic (exact) mass is 319 g/mol. The highest BCUT2D eigenvalue weighted by atomic mass is 35.5. The van der Waals surface area contributed by atoms with Gasteiger partial charge >= 0.3 is 0 Å². The molecule has 0 unspecified atom stereocenters. The van der Waals surface area contributed by atoms with Crippen LogP contribution in [0.25, 0.3) is 0 Å². The van der Waals surface area contributed by atoms with E-state index in [2.05, 4.69) is 11.4 Å². The Labute approximate surface area is 138 Å². The van der Waals surface area contributed by atoms with Crippen LogP contribution in [-0.2, 0) is 6.54 Å². The molecule has 4 fully saturated rings. The zero-order valence-corrected chi connectivity index (χ0v) is 14.1. The van der Waals surface area contributed by atoms with Crippen LogP contribution in [0, 0.1) is 23.7 Å². The normalized spacial score (nSPS) is 35.8. The Morgan fingerprint density at radius 1 is 1.09 bits per heavy atom. The average Bonchev–Trinajstić information content (AvgIpc) is 2.48. The average molecular weight is 320 g/mol. The number of hydrogen-bond acceptors (Lipinski definition) is 2. The second-order valence-corrected chi connectivity index (χ2v) is 7.96. The Bertz CT molecular complexity index is 516. The van der Waals surface area contributed by atoms with Crippen molar-refractivity contribution >= 4 is 11.6 Å². The summed E-state index contributed by atoms with van der Waals surface area (Å²) in [6.45, 7) is 3.61. The Kier molecular flexibility index (Phi) is 4.08. The number of benzene rings is 1. The lowest BCUT2D eigenvalue weighted by atomic mass is 9.54. The van der Waals surface area contributed by atoms with Crippen molar-refractivity contribution in [3.63, 3.8) is 0 Å². The van der Waals surface area contributed by atoms with Crippen molar-refractivity contribution in [2.45, 2.75) is 51.6 Å². The zero-order chi connectivity index (χ0) is 15.1. The zero-order valence-electron chi connectivity index (χ0n) is 13.4. The summed E-state index contributed by atoms with van der Waals surface area (Å²) < 4.78 is 5.75. The molecule has 120 valence electrons. The van der Waals surface area contributed by atoms with Crippen molar-refractivity contribution in [2.24, 2.45) is 23.7 Å². The maximum absolute atomic E-state index is 6.18. The number of halogens is 1. The molecule has 0 amide bonds.